The topological polar surface area (TPSA) is 38.7 Å². The van der Waals surface area contributed by atoms with Gasteiger partial charge in [-0.15, -0.1) is 0 Å². The van der Waals surface area contributed by atoms with Crippen molar-refractivity contribution in [3.63, 3.8) is 0 Å². The first-order chi connectivity index (χ1) is 9.83. The van der Waals surface area contributed by atoms with Crippen LogP contribution in [0.3, 0.4) is 0 Å². The molecule has 0 radical (unpaired) electrons. The van der Waals surface area contributed by atoms with E-state index < -0.39 is 0 Å². The Morgan fingerprint density at radius 2 is 1.90 bits per heavy atom. The summed E-state index contributed by atoms with van der Waals surface area (Å²) in [7, 11) is 1.60. The summed E-state index contributed by atoms with van der Waals surface area (Å²) in [6.07, 6.45) is 3.94. The summed E-state index contributed by atoms with van der Waals surface area (Å²) >= 11 is 0. The third-order valence-electron chi connectivity index (χ3n) is 2.89. The third kappa shape index (κ3) is 3.87. The van der Waals surface area contributed by atoms with Gasteiger partial charge in [0.15, 0.2) is 0 Å². The summed E-state index contributed by atoms with van der Waals surface area (Å²) in [6.45, 7) is 0.386. The van der Waals surface area contributed by atoms with Gasteiger partial charge < -0.3 is 14.6 Å². The van der Waals surface area contributed by atoms with E-state index in [9.17, 15) is 5.11 Å². The van der Waals surface area contributed by atoms with Gasteiger partial charge in [0.25, 0.3) is 0 Å². The first kappa shape index (κ1) is 14.2. The van der Waals surface area contributed by atoms with Crippen LogP contribution in [0, 0.1) is 0 Å². The van der Waals surface area contributed by atoms with E-state index in [1.807, 2.05) is 42.5 Å². The highest BCUT2D eigenvalue weighted by atomic mass is 16.5. The fourth-order valence-corrected chi connectivity index (χ4v) is 1.81. The molecule has 2 aromatic carbocycles. The summed E-state index contributed by atoms with van der Waals surface area (Å²) in [6, 6.07) is 15.4. The van der Waals surface area contributed by atoms with E-state index in [2.05, 4.69) is 0 Å². The van der Waals surface area contributed by atoms with Crippen LogP contribution in [0.25, 0.3) is 6.08 Å². The van der Waals surface area contributed by atoms with E-state index in [1.54, 1.807) is 25.3 Å². The van der Waals surface area contributed by atoms with Crippen molar-refractivity contribution in [3.05, 3.63) is 65.7 Å². The van der Waals surface area contributed by atoms with Crippen LogP contribution in [-0.4, -0.2) is 18.8 Å². The minimum Gasteiger partial charge on any atom is -0.497 e. The van der Waals surface area contributed by atoms with Gasteiger partial charge in [0.05, 0.1) is 13.7 Å². The standard InChI is InChI=1S/C17H18O3/c1-19-16-10-9-15(13-18)17(12-16)20-11-5-8-14-6-3-2-4-7-14/h2-10,12,18H,11,13H2,1H3. The molecule has 0 aliphatic heterocycles. The Bertz CT molecular complexity index is 562. The van der Waals surface area contributed by atoms with Crippen molar-refractivity contribution in [2.75, 3.05) is 13.7 Å². The Balaban J connectivity index is 1.98. The van der Waals surface area contributed by atoms with Crippen molar-refractivity contribution >= 4 is 6.08 Å². The molecule has 3 nitrogen and oxygen atoms in total. The molecule has 0 aromatic heterocycles. The normalized spacial score (nSPS) is 10.7. The second-order valence-corrected chi connectivity index (χ2v) is 4.26. The van der Waals surface area contributed by atoms with Gasteiger partial charge in [0.1, 0.15) is 18.1 Å². The second kappa shape index (κ2) is 7.36. The van der Waals surface area contributed by atoms with Crippen molar-refractivity contribution in [1.82, 2.24) is 0 Å². The van der Waals surface area contributed by atoms with Gasteiger partial charge in [-0.3, -0.25) is 0 Å². The van der Waals surface area contributed by atoms with Crippen LogP contribution in [-0.2, 0) is 6.61 Å². The van der Waals surface area contributed by atoms with E-state index in [0.717, 1.165) is 11.1 Å². The predicted octanol–water partition coefficient (Wildman–Crippen LogP) is 3.28. The van der Waals surface area contributed by atoms with Crippen LogP contribution in [0.2, 0.25) is 0 Å². The number of ether oxygens (including phenoxy) is 2. The highest BCUT2D eigenvalue weighted by molar-refractivity contribution is 5.49. The highest BCUT2D eigenvalue weighted by Gasteiger charge is 2.04. The Hall–Kier alpha value is -2.26. The number of benzene rings is 2. The summed E-state index contributed by atoms with van der Waals surface area (Å²) in [5.41, 5.74) is 1.88. The SMILES string of the molecule is COc1ccc(CO)c(OCC=Cc2ccccc2)c1. The van der Waals surface area contributed by atoms with E-state index in [4.69, 9.17) is 9.47 Å². The van der Waals surface area contributed by atoms with E-state index in [1.165, 1.54) is 0 Å². The molecule has 3 heteroatoms. The minimum absolute atomic E-state index is 0.0538. The molecule has 0 bridgehead atoms. The van der Waals surface area contributed by atoms with Crippen LogP contribution in [0.1, 0.15) is 11.1 Å². The van der Waals surface area contributed by atoms with Crippen molar-refractivity contribution < 1.29 is 14.6 Å². The largest absolute Gasteiger partial charge is 0.497 e. The highest BCUT2D eigenvalue weighted by Crippen LogP contribution is 2.24. The van der Waals surface area contributed by atoms with Crippen molar-refractivity contribution in [3.8, 4) is 11.5 Å². The summed E-state index contributed by atoms with van der Waals surface area (Å²) in [5, 5.41) is 9.28. The Morgan fingerprint density at radius 1 is 1.10 bits per heavy atom. The number of aliphatic hydroxyl groups is 1. The van der Waals surface area contributed by atoms with Gasteiger partial charge in [-0.25, -0.2) is 0 Å². The lowest BCUT2D eigenvalue weighted by atomic mass is 10.2. The molecule has 0 aliphatic carbocycles. The van der Waals surface area contributed by atoms with E-state index >= 15 is 0 Å². The molecule has 2 aromatic rings. The quantitative estimate of drug-likeness (QED) is 0.875. The van der Waals surface area contributed by atoms with E-state index in [-0.39, 0.29) is 6.61 Å². The minimum atomic E-state index is -0.0538. The molecule has 1 N–H and O–H groups in total. The Kier molecular flexibility index (Phi) is 5.21. The zero-order valence-corrected chi connectivity index (χ0v) is 11.5. The molecule has 0 heterocycles. The van der Waals surface area contributed by atoms with Gasteiger partial charge in [-0.05, 0) is 23.8 Å². The van der Waals surface area contributed by atoms with Crippen molar-refractivity contribution in [2.24, 2.45) is 0 Å². The number of aliphatic hydroxyl groups excluding tert-OH is 1. The number of hydrogen-bond acceptors (Lipinski definition) is 3. The average molecular weight is 270 g/mol. The van der Waals surface area contributed by atoms with Gasteiger partial charge in [0, 0.05) is 11.6 Å². The van der Waals surface area contributed by atoms with Crippen molar-refractivity contribution in [1.29, 1.82) is 0 Å². The van der Waals surface area contributed by atoms with Gasteiger partial charge >= 0.3 is 0 Å². The average Bonchev–Trinajstić information content (AvgIpc) is 2.52. The van der Waals surface area contributed by atoms with Crippen molar-refractivity contribution in [2.45, 2.75) is 6.61 Å². The predicted molar refractivity (Wildman–Crippen MR) is 79.9 cm³/mol. The lowest BCUT2D eigenvalue weighted by molar-refractivity contribution is 0.269. The molecule has 2 rings (SSSR count). The van der Waals surface area contributed by atoms with Gasteiger partial charge in [0.2, 0.25) is 0 Å². The smallest absolute Gasteiger partial charge is 0.128 e. The van der Waals surface area contributed by atoms with Gasteiger partial charge in [-0.1, -0.05) is 36.4 Å². The lowest BCUT2D eigenvalue weighted by Gasteiger charge is -2.10. The molecule has 0 spiro atoms. The number of methoxy groups -OCH3 is 1. The maximum absolute atomic E-state index is 9.28. The fourth-order valence-electron chi connectivity index (χ4n) is 1.81. The summed E-state index contributed by atoms with van der Waals surface area (Å²) < 4.78 is 10.8. The molecule has 0 fully saturated rings. The Morgan fingerprint density at radius 3 is 2.60 bits per heavy atom. The van der Waals surface area contributed by atoms with Crippen LogP contribution >= 0.6 is 0 Å². The molecule has 20 heavy (non-hydrogen) atoms. The maximum Gasteiger partial charge on any atom is 0.128 e. The molecular weight excluding hydrogens is 252 g/mol. The molecular formula is C17H18O3. The zero-order valence-electron chi connectivity index (χ0n) is 11.5. The Labute approximate surface area is 119 Å². The van der Waals surface area contributed by atoms with Crippen LogP contribution < -0.4 is 9.47 Å². The second-order valence-electron chi connectivity index (χ2n) is 4.26. The molecule has 0 amide bonds. The van der Waals surface area contributed by atoms with Gasteiger partial charge in [-0.2, -0.15) is 0 Å². The molecule has 104 valence electrons. The van der Waals surface area contributed by atoms with Crippen LogP contribution in [0.15, 0.2) is 54.6 Å². The van der Waals surface area contributed by atoms with Crippen LogP contribution in [0.4, 0.5) is 0 Å². The summed E-state index contributed by atoms with van der Waals surface area (Å²) in [4.78, 5) is 0. The first-order valence-electron chi connectivity index (χ1n) is 6.45. The lowest BCUT2D eigenvalue weighted by Crippen LogP contribution is -1.98. The monoisotopic (exact) mass is 270 g/mol. The summed E-state index contributed by atoms with van der Waals surface area (Å²) in [5.74, 6) is 1.36. The third-order valence-corrected chi connectivity index (χ3v) is 2.89. The molecule has 0 saturated heterocycles. The fraction of sp³-hybridized carbons (Fsp3) is 0.176. The zero-order chi connectivity index (χ0) is 14.2. The first-order valence-corrected chi connectivity index (χ1v) is 6.45. The number of hydrogen-bond donors (Lipinski definition) is 1. The molecule has 0 unspecified atom stereocenters. The molecule has 0 aliphatic rings. The van der Waals surface area contributed by atoms with E-state index in [0.29, 0.717) is 18.1 Å². The molecule has 0 saturated carbocycles. The molecule has 0 atom stereocenters. The number of rotatable bonds is 6. The van der Waals surface area contributed by atoms with Crippen LogP contribution in [0.5, 0.6) is 11.5 Å². The maximum atomic E-state index is 9.28.